The zero-order valence-electron chi connectivity index (χ0n) is 9.47. The average molecular weight is 313 g/mol. The van der Waals surface area contributed by atoms with Crippen LogP contribution >= 0.6 is 15.9 Å². The summed E-state index contributed by atoms with van der Waals surface area (Å²) in [6.07, 6.45) is 0. The highest BCUT2D eigenvalue weighted by Crippen LogP contribution is 2.25. The van der Waals surface area contributed by atoms with E-state index in [1.807, 2.05) is 6.07 Å². The molecule has 1 aromatic carbocycles. The number of carbonyl (C=O) groups excluding carboxylic acids is 1. The summed E-state index contributed by atoms with van der Waals surface area (Å²) in [4.78, 5) is 21.8. The Morgan fingerprint density at radius 1 is 1.61 bits per heavy atom. The van der Waals surface area contributed by atoms with Crippen molar-refractivity contribution in [3.8, 4) is 6.07 Å². The van der Waals surface area contributed by atoms with E-state index < -0.39 is 10.9 Å². The first-order valence-corrected chi connectivity index (χ1v) is 6.11. The van der Waals surface area contributed by atoms with E-state index in [0.717, 1.165) is 12.1 Å². The van der Waals surface area contributed by atoms with Gasteiger partial charge in [-0.05, 0) is 12.5 Å². The summed E-state index contributed by atoms with van der Waals surface area (Å²) in [7, 11) is 0. The van der Waals surface area contributed by atoms with Gasteiger partial charge in [-0.15, -0.1) is 0 Å². The molecule has 0 bridgehead atoms. The van der Waals surface area contributed by atoms with Crippen LogP contribution in [0.4, 0.5) is 5.69 Å². The van der Waals surface area contributed by atoms with Gasteiger partial charge in [-0.1, -0.05) is 15.9 Å². The molecule has 0 aliphatic carbocycles. The minimum Gasteiger partial charge on any atom is -0.462 e. The molecule has 0 saturated heterocycles. The summed E-state index contributed by atoms with van der Waals surface area (Å²) >= 11 is 3.15. The molecule has 0 fully saturated rings. The topological polar surface area (TPSA) is 93.2 Å². The number of esters is 1. The Morgan fingerprint density at radius 3 is 2.72 bits per heavy atom. The number of ether oxygens (including phenoxy) is 1. The van der Waals surface area contributed by atoms with Gasteiger partial charge in [0.05, 0.1) is 28.7 Å². The van der Waals surface area contributed by atoms with Gasteiger partial charge in [0.2, 0.25) is 0 Å². The van der Waals surface area contributed by atoms with E-state index >= 15 is 0 Å². The van der Waals surface area contributed by atoms with Crippen LogP contribution in [0.5, 0.6) is 0 Å². The van der Waals surface area contributed by atoms with Crippen molar-refractivity contribution in [2.75, 3.05) is 6.61 Å². The van der Waals surface area contributed by atoms with Crippen molar-refractivity contribution in [1.82, 2.24) is 0 Å². The second-order valence-electron chi connectivity index (χ2n) is 3.24. The van der Waals surface area contributed by atoms with Crippen LogP contribution in [0, 0.1) is 21.4 Å². The zero-order chi connectivity index (χ0) is 13.7. The molecule has 0 spiro atoms. The van der Waals surface area contributed by atoms with Crippen LogP contribution in [0.2, 0.25) is 0 Å². The monoisotopic (exact) mass is 312 g/mol. The SMILES string of the molecule is CCOC(=O)c1cc([N+](=O)[O-])cc(C#N)c1CBr. The molecule has 94 valence electrons. The molecule has 0 aromatic heterocycles. The largest absolute Gasteiger partial charge is 0.462 e. The number of halogens is 1. The van der Waals surface area contributed by atoms with Crippen molar-refractivity contribution in [3.63, 3.8) is 0 Å². The van der Waals surface area contributed by atoms with Gasteiger partial charge < -0.3 is 4.74 Å². The third-order valence-corrected chi connectivity index (χ3v) is 2.76. The van der Waals surface area contributed by atoms with Gasteiger partial charge in [0.1, 0.15) is 0 Å². The van der Waals surface area contributed by atoms with Crippen LogP contribution in [0.1, 0.15) is 28.4 Å². The Hall–Kier alpha value is -1.94. The predicted octanol–water partition coefficient (Wildman–Crippen LogP) is 2.54. The molecule has 0 aliphatic heterocycles. The second kappa shape index (κ2) is 6.12. The number of rotatable bonds is 4. The molecule has 0 saturated carbocycles. The molecule has 0 atom stereocenters. The Bertz CT molecular complexity index is 537. The number of alkyl halides is 1. The maximum absolute atomic E-state index is 11.7. The molecule has 0 aliphatic rings. The predicted molar refractivity (Wildman–Crippen MR) is 66.4 cm³/mol. The van der Waals surface area contributed by atoms with Crippen molar-refractivity contribution in [2.24, 2.45) is 0 Å². The van der Waals surface area contributed by atoms with Gasteiger partial charge in [-0.3, -0.25) is 10.1 Å². The second-order valence-corrected chi connectivity index (χ2v) is 3.80. The number of benzene rings is 1. The highest BCUT2D eigenvalue weighted by atomic mass is 79.9. The summed E-state index contributed by atoms with van der Waals surface area (Å²) < 4.78 is 4.81. The van der Waals surface area contributed by atoms with Crippen molar-refractivity contribution >= 4 is 27.6 Å². The van der Waals surface area contributed by atoms with Gasteiger partial charge in [0.25, 0.3) is 5.69 Å². The minimum absolute atomic E-state index is 0.0412. The van der Waals surface area contributed by atoms with E-state index in [2.05, 4.69) is 15.9 Å². The van der Waals surface area contributed by atoms with E-state index in [1.54, 1.807) is 6.92 Å². The third kappa shape index (κ3) is 2.84. The van der Waals surface area contributed by atoms with Crippen molar-refractivity contribution < 1.29 is 14.5 Å². The first kappa shape index (κ1) is 14.1. The number of hydrogen-bond acceptors (Lipinski definition) is 5. The molecule has 7 heteroatoms. The molecular weight excluding hydrogens is 304 g/mol. The number of hydrogen-bond donors (Lipinski definition) is 0. The Morgan fingerprint density at radius 2 is 2.28 bits per heavy atom. The summed E-state index contributed by atoms with van der Waals surface area (Å²) in [6.45, 7) is 1.79. The maximum Gasteiger partial charge on any atom is 0.338 e. The van der Waals surface area contributed by atoms with Crippen molar-refractivity contribution in [2.45, 2.75) is 12.3 Å². The van der Waals surface area contributed by atoms with Crippen LogP contribution in [-0.4, -0.2) is 17.5 Å². The summed E-state index contributed by atoms with van der Waals surface area (Å²) in [5, 5.41) is 19.9. The van der Waals surface area contributed by atoms with Crippen molar-refractivity contribution in [3.05, 3.63) is 38.9 Å². The van der Waals surface area contributed by atoms with E-state index in [1.165, 1.54) is 0 Å². The Balaban J connectivity index is 3.46. The molecule has 18 heavy (non-hydrogen) atoms. The van der Waals surface area contributed by atoms with Gasteiger partial charge in [0, 0.05) is 17.5 Å². The lowest BCUT2D eigenvalue weighted by atomic mass is 10.0. The highest BCUT2D eigenvalue weighted by Gasteiger charge is 2.21. The lowest BCUT2D eigenvalue weighted by molar-refractivity contribution is -0.384. The van der Waals surface area contributed by atoms with Gasteiger partial charge in [-0.2, -0.15) is 5.26 Å². The average Bonchev–Trinajstić information content (AvgIpc) is 2.37. The molecule has 1 aromatic rings. The zero-order valence-corrected chi connectivity index (χ0v) is 11.1. The fourth-order valence-corrected chi connectivity index (χ4v) is 2.00. The molecule has 0 heterocycles. The number of nitrogens with zero attached hydrogens (tertiary/aromatic N) is 2. The van der Waals surface area contributed by atoms with Gasteiger partial charge in [0.15, 0.2) is 0 Å². The van der Waals surface area contributed by atoms with E-state index in [-0.39, 0.29) is 28.8 Å². The highest BCUT2D eigenvalue weighted by molar-refractivity contribution is 9.08. The standard InChI is InChI=1S/C11H9BrN2O4/c1-2-18-11(15)9-4-8(14(16)17)3-7(6-13)10(9)5-12/h3-4H,2,5H2,1H3. The molecular formula is C11H9BrN2O4. The lowest BCUT2D eigenvalue weighted by Crippen LogP contribution is -2.09. The number of carbonyl (C=O) groups is 1. The molecule has 0 N–H and O–H groups in total. The smallest absolute Gasteiger partial charge is 0.338 e. The Kier molecular flexibility index (Phi) is 4.80. The van der Waals surface area contributed by atoms with Gasteiger partial charge in [-0.25, -0.2) is 4.79 Å². The normalized spacial score (nSPS) is 9.61. The summed E-state index contributed by atoms with van der Waals surface area (Å²) in [5.74, 6) is -0.674. The lowest BCUT2D eigenvalue weighted by Gasteiger charge is -2.08. The van der Waals surface area contributed by atoms with Crippen molar-refractivity contribution in [1.29, 1.82) is 5.26 Å². The number of non-ortho nitro benzene ring substituents is 1. The van der Waals surface area contributed by atoms with E-state index in [9.17, 15) is 14.9 Å². The third-order valence-electron chi connectivity index (χ3n) is 2.19. The number of nitro benzene ring substituents is 1. The van der Waals surface area contributed by atoms with Gasteiger partial charge >= 0.3 is 5.97 Å². The van der Waals surface area contributed by atoms with E-state index in [0.29, 0.717) is 5.56 Å². The molecule has 6 nitrogen and oxygen atoms in total. The van der Waals surface area contributed by atoms with Crippen LogP contribution < -0.4 is 0 Å². The quantitative estimate of drug-likeness (QED) is 0.368. The molecule has 0 amide bonds. The van der Waals surface area contributed by atoms with Crippen LogP contribution in [0.3, 0.4) is 0 Å². The number of nitro groups is 1. The van der Waals surface area contributed by atoms with Crippen LogP contribution in [0.15, 0.2) is 12.1 Å². The Labute approximate surface area is 111 Å². The van der Waals surface area contributed by atoms with Crippen LogP contribution in [0.25, 0.3) is 0 Å². The van der Waals surface area contributed by atoms with Crippen LogP contribution in [-0.2, 0) is 10.1 Å². The molecule has 1 rings (SSSR count). The molecule has 0 radical (unpaired) electrons. The summed E-state index contributed by atoms with van der Waals surface area (Å²) in [5.41, 5.74) is 0.212. The molecule has 0 unspecified atom stereocenters. The minimum atomic E-state index is -0.674. The fourth-order valence-electron chi connectivity index (χ4n) is 1.40. The fraction of sp³-hybridized carbons (Fsp3) is 0.273. The first-order chi connectivity index (χ1) is 8.54. The number of nitriles is 1. The maximum atomic E-state index is 11.7. The van der Waals surface area contributed by atoms with E-state index in [4.69, 9.17) is 10.00 Å². The first-order valence-electron chi connectivity index (χ1n) is 4.99. The summed E-state index contributed by atoms with van der Waals surface area (Å²) in [6, 6.07) is 4.10.